The number of esters is 3. The summed E-state index contributed by atoms with van der Waals surface area (Å²) in [5, 5.41) is 69.1. The molecule has 0 fully saturated rings. The molecule has 5 aromatic carbocycles. The van der Waals surface area contributed by atoms with Crippen LogP contribution in [0, 0.1) is 11.3 Å². The number of halogens is 6. The summed E-state index contributed by atoms with van der Waals surface area (Å²) >= 11 is 0. The zero-order valence-corrected chi connectivity index (χ0v) is 37.5. The summed E-state index contributed by atoms with van der Waals surface area (Å²) in [6.45, 7) is 0.0899. The molecule has 0 saturated heterocycles. The van der Waals surface area contributed by atoms with Gasteiger partial charge in [0.15, 0.2) is 13.2 Å². The molecule has 0 unspecified atom stereocenters. The number of carbonyl (C=O) groups is 8. The van der Waals surface area contributed by atoms with E-state index >= 15 is 0 Å². The molecule has 73 heavy (non-hydrogen) atoms. The van der Waals surface area contributed by atoms with E-state index in [1.807, 2.05) is 6.07 Å². The quantitative estimate of drug-likeness (QED) is 0.0985. The van der Waals surface area contributed by atoms with Crippen LogP contribution in [0.1, 0.15) is 83.7 Å². The monoisotopic (exact) mass is 1030 g/mol. The van der Waals surface area contributed by atoms with Gasteiger partial charge in [-0.3, -0.25) is 14.4 Å². The van der Waals surface area contributed by atoms with Gasteiger partial charge in [-0.15, -0.1) is 0 Å². The summed E-state index contributed by atoms with van der Waals surface area (Å²) in [5.41, 5.74) is 0.297. The van der Waals surface area contributed by atoms with Crippen molar-refractivity contribution >= 4 is 47.8 Å². The molecular weight excluding hydrogens is 996 g/mol. The van der Waals surface area contributed by atoms with Crippen LogP contribution in [0.15, 0.2) is 109 Å². The summed E-state index contributed by atoms with van der Waals surface area (Å²) in [6, 6.07) is 24.4. The third kappa shape index (κ3) is 26.2. The number of carboxylic acids is 5. The highest BCUT2D eigenvalue weighted by atomic mass is 19.4. The van der Waals surface area contributed by atoms with Crippen molar-refractivity contribution in [2.75, 3.05) is 13.2 Å². The summed E-state index contributed by atoms with van der Waals surface area (Å²) < 4.78 is 94.3. The van der Waals surface area contributed by atoms with Crippen LogP contribution in [0.4, 0.5) is 26.3 Å². The molecule has 0 aliphatic heterocycles. The summed E-state index contributed by atoms with van der Waals surface area (Å²) in [7, 11) is 0. The predicted octanol–water partition coefficient (Wildman–Crippen LogP) is 1.27. The average Bonchev–Trinajstić information content (AvgIpc) is 3.30. The number of nitrogens with zero attached hydrogens (tertiary/aromatic N) is 1. The zero-order chi connectivity index (χ0) is 55.6. The molecule has 5 rings (SSSR count). The second-order valence-corrected chi connectivity index (χ2v) is 13.4. The minimum atomic E-state index is -4.70. The highest BCUT2D eigenvalue weighted by molar-refractivity contribution is 5.90. The van der Waals surface area contributed by atoms with Crippen molar-refractivity contribution in [2.24, 2.45) is 0 Å². The van der Waals surface area contributed by atoms with Crippen LogP contribution < -0.4 is 49.2 Å². The standard InChI is InChI=1S/C11H8F6O4.C11H10O6.C9H8O4.C8H5NO2.C8H8O3/c12-10(13,14)4-20-6-1-2-8(7(3-6)9(18)19)21-5-11(15,16)17;1-6(12)16-9-3-8(11(14)15)4-10(5-9)17-7(2)13;1-6(10)13-8-4-2-7(3-5-8)9(11)12;2*9-5-6-1-3-7(4-2-6)8(10)11/h1-3H,4-5H2,(H,18,19);3-5H,1-2H3,(H,14,15);2-5H,1H3,(H,11,12);1-4H,(H,10,11);1-4,9H,5H2,(H,10,11)/p-5. The number of benzene rings is 5. The molecule has 0 aliphatic carbocycles. The number of ether oxygens (including phenoxy) is 5. The lowest BCUT2D eigenvalue weighted by Crippen LogP contribution is -2.25. The van der Waals surface area contributed by atoms with Crippen LogP contribution in [0.2, 0.25) is 0 Å². The van der Waals surface area contributed by atoms with Crippen LogP contribution in [0.5, 0.6) is 28.7 Å². The second-order valence-electron chi connectivity index (χ2n) is 13.4. The molecule has 1 N–H and O–H groups in total. The number of aliphatic hydroxyl groups is 1. The minimum absolute atomic E-state index is 0.0320. The van der Waals surface area contributed by atoms with E-state index in [1.165, 1.54) is 73.7 Å². The highest BCUT2D eigenvalue weighted by Crippen LogP contribution is 2.28. The molecule has 20 nitrogen and oxygen atoms in total. The Morgan fingerprint density at radius 1 is 0.479 bits per heavy atom. The van der Waals surface area contributed by atoms with E-state index in [0.29, 0.717) is 22.9 Å². The number of alkyl halides is 6. The first kappa shape index (κ1) is 61.5. The molecule has 0 bridgehead atoms. The van der Waals surface area contributed by atoms with Crippen molar-refractivity contribution in [3.63, 3.8) is 0 Å². The molecule has 0 heterocycles. The molecule has 0 atom stereocenters. The third-order valence-corrected chi connectivity index (χ3v) is 7.58. The first-order valence-electron chi connectivity index (χ1n) is 19.5. The van der Waals surface area contributed by atoms with Gasteiger partial charge in [0.2, 0.25) is 0 Å². The van der Waals surface area contributed by atoms with Gasteiger partial charge in [0.1, 0.15) is 28.7 Å². The Labute approximate surface area is 407 Å². The van der Waals surface area contributed by atoms with E-state index in [0.717, 1.165) is 38.1 Å². The zero-order valence-electron chi connectivity index (χ0n) is 37.5. The maximum Gasteiger partial charge on any atom is 0.422 e. The lowest BCUT2D eigenvalue weighted by atomic mass is 10.1. The van der Waals surface area contributed by atoms with Gasteiger partial charge >= 0.3 is 30.3 Å². The number of hydrogen-bond acceptors (Lipinski definition) is 20. The summed E-state index contributed by atoms with van der Waals surface area (Å²) in [6.07, 6.45) is -9.35. The van der Waals surface area contributed by atoms with Crippen molar-refractivity contribution in [3.8, 4) is 34.8 Å². The normalized spacial score (nSPS) is 10.1. The Kier molecular flexibility index (Phi) is 24.9. The van der Waals surface area contributed by atoms with Crippen LogP contribution in [0.3, 0.4) is 0 Å². The van der Waals surface area contributed by atoms with Crippen molar-refractivity contribution in [3.05, 3.63) is 148 Å². The number of aliphatic hydroxyl groups excluding tert-OH is 1. The van der Waals surface area contributed by atoms with Crippen LogP contribution >= 0.6 is 0 Å². The molecule has 26 heteroatoms. The van der Waals surface area contributed by atoms with Gasteiger partial charge in [0, 0.05) is 38.0 Å². The fourth-order valence-electron chi connectivity index (χ4n) is 4.60. The average molecular weight is 1030 g/mol. The topological polar surface area (TPSA) is 342 Å². The molecule has 0 aromatic heterocycles. The fraction of sp³-hybridized carbons (Fsp3) is 0.170. The molecule has 0 amide bonds. The molecule has 5 aromatic rings. The Morgan fingerprint density at radius 3 is 1.21 bits per heavy atom. The van der Waals surface area contributed by atoms with Crippen molar-refractivity contribution in [2.45, 2.75) is 39.7 Å². The second kappa shape index (κ2) is 29.5. The van der Waals surface area contributed by atoms with Crippen molar-refractivity contribution < 1.29 is 119 Å². The van der Waals surface area contributed by atoms with Crippen LogP contribution in [0.25, 0.3) is 0 Å². The van der Waals surface area contributed by atoms with Crippen molar-refractivity contribution in [1.29, 1.82) is 5.26 Å². The van der Waals surface area contributed by atoms with E-state index in [9.17, 15) is 90.2 Å². The molecule has 0 radical (unpaired) electrons. The molecule has 0 spiro atoms. The number of carbonyl (C=O) groups excluding carboxylic acids is 8. The summed E-state index contributed by atoms with van der Waals surface area (Å²) in [4.78, 5) is 84.1. The molecule has 0 saturated carbocycles. The maximum atomic E-state index is 12.0. The number of nitriles is 1. The van der Waals surface area contributed by atoms with Gasteiger partial charge < -0.3 is 78.3 Å². The number of aromatic carboxylic acids is 5. The highest BCUT2D eigenvalue weighted by Gasteiger charge is 2.30. The van der Waals surface area contributed by atoms with Gasteiger partial charge in [0.05, 0.1) is 48.1 Å². The van der Waals surface area contributed by atoms with E-state index in [1.54, 1.807) is 12.1 Å². The first-order valence-corrected chi connectivity index (χ1v) is 19.5. The Hall–Kier alpha value is -9.51. The lowest BCUT2D eigenvalue weighted by Gasteiger charge is -2.15. The van der Waals surface area contributed by atoms with Gasteiger partial charge in [0.25, 0.3) is 0 Å². The third-order valence-electron chi connectivity index (χ3n) is 7.58. The van der Waals surface area contributed by atoms with Crippen LogP contribution in [-0.2, 0) is 21.0 Å². The fourth-order valence-corrected chi connectivity index (χ4v) is 4.60. The Morgan fingerprint density at radius 2 is 0.849 bits per heavy atom. The van der Waals surface area contributed by atoms with Gasteiger partial charge in [-0.25, -0.2) is 0 Å². The smallest absolute Gasteiger partial charge is 0.422 e. The van der Waals surface area contributed by atoms with Crippen LogP contribution in [-0.4, -0.2) is 78.4 Å². The van der Waals surface area contributed by atoms with E-state index in [-0.39, 0.29) is 40.4 Å². The summed E-state index contributed by atoms with van der Waals surface area (Å²) in [5.74, 6) is -9.67. The molecule has 0 aliphatic rings. The Balaban J connectivity index is 0.000000467. The van der Waals surface area contributed by atoms with Crippen molar-refractivity contribution in [1.82, 2.24) is 0 Å². The number of rotatable bonds is 13. The van der Waals surface area contributed by atoms with E-state index in [2.05, 4.69) is 9.47 Å². The van der Waals surface area contributed by atoms with Gasteiger partial charge in [-0.05, 0) is 89.0 Å². The van der Waals surface area contributed by atoms with E-state index in [4.69, 9.17) is 24.6 Å². The SMILES string of the molecule is CC(=O)Oc1cc(OC(C)=O)cc(C(=O)[O-])c1.CC(=O)Oc1ccc(C(=O)[O-])cc1.N#Cc1ccc(C(=O)[O-])cc1.O=C([O-])c1cc(OCC(F)(F)F)ccc1OCC(F)(F)F.O=C([O-])c1ccc(CO)cc1. The minimum Gasteiger partial charge on any atom is -0.545 e. The van der Waals surface area contributed by atoms with Gasteiger partial charge in [-0.2, -0.15) is 31.6 Å². The number of carboxylic acid groups (broad SMARTS) is 5. The predicted molar refractivity (Wildman–Crippen MR) is 222 cm³/mol. The van der Waals surface area contributed by atoms with E-state index < -0.39 is 90.4 Å². The largest absolute Gasteiger partial charge is 0.545 e. The molecule has 388 valence electrons. The maximum absolute atomic E-state index is 12.0. The number of hydrogen-bond donors (Lipinski definition) is 1. The molecular formula is C47H34F6NO19-5. The first-order chi connectivity index (χ1) is 33.9. The lowest BCUT2D eigenvalue weighted by molar-refractivity contribution is -0.256. The Bertz CT molecular complexity index is 2720. The van der Waals surface area contributed by atoms with Gasteiger partial charge in [-0.1, -0.05) is 36.4 Å².